The van der Waals surface area contributed by atoms with Crippen LogP contribution in [0.1, 0.15) is 17.5 Å². The van der Waals surface area contributed by atoms with Gasteiger partial charge >= 0.3 is 5.97 Å². The number of carbonyl (C=O) groups is 1. The minimum absolute atomic E-state index is 0.146. The highest BCUT2D eigenvalue weighted by molar-refractivity contribution is 7.99. The standard InChI is InChI=1S/C12H16O2S/c1-9-4-5-10(2)11(8-9)15-7-6-12(13)14-3/h4-5,8H,6-7H2,1-3H3. The van der Waals surface area contributed by atoms with Gasteiger partial charge in [-0.2, -0.15) is 0 Å². The maximum Gasteiger partial charge on any atom is 0.306 e. The number of hydrogen-bond acceptors (Lipinski definition) is 3. The summed E-state index contributed by atoms with van der Waals surface area (Å²) in [6.07, 6.45) is 0.467. The highest BCUT2D eigenvalue weighted by Gasteiger charge is 2.03. The van der Waals surface area contributed by atoms with Gasteiger partial charge in [-0.05, 0) is 25.5 Å². The Hall–Kier alpha value is -0.960. The maximum absolute atomic E-state index is 10.9. The number of esters is 1. The van der Waals surface area contributed by atoms with Crippen molar-refractivity contribution in [3.05, 3.63) is 29.3 Å². The van der Waals surface area contributed by atoms with Gasteiger partial charge in [0.2, 0.25) is 0 Å². The van der Waals surface area contributed by atoms with Gasteiger partial charge in [0.05, 0.1) is 13.5 Å². The first kappa shape index (κ1) is 12.1. The lowest BCUT2D eigenvalue weighted by Gasteiger charge is -2.05. The molecule has 2 nitrogen and oxygen atoms in total. The Balaban J connectivity index is 2.50. The van der Waals surface area contributed by atoms with Crippen molar-refractivity contribution < 1.29 is 9.53 Å². The van der Waals surface area contributed by atoms with Gasteiger partial charge in [-0.3, -0.25) is 4.79 Å². The van der Waals surface area contributed by atoms with E-state index in [-0.39, 0.29) is 5.97 Å². The van der Waals surface area contributed by atoms with Crippen LogP contribution in [0.5, 0.6) is 0 Å². The first-order valence-electron chi connectivity index (χ1n) is 4.90. The van der Waals surface area contributed by atoms with Crippen molar-refractivity contribution in [2.45, 2.75) is 25.2 Å². The average molecular weight is 224 g/mol. The predicted molar refractivity (Wildman–Crippen MR) is 63.3 cm³/mol. The summed E-state index contributed by atoms with van der Waals surface area (Å²) >= 11 is 1.70. The molecule has 0 saturated heterocycles. The number of aryl methyl sites for hydroxylation is 2. The van der Waals surface area contributed by atoms with Crippen molar-refractivity contribution in [2.75, 3.05) is 12.9 Å². The van der Waals surface area contributed by atoms with Gasteiger partial charge in [0.25, 0.3) is 0 Å². The molecule has 0 N–H and O–H groups in total. The van der Waals surface area contributed by atoms with Gasteiger partial charge in [-0.1, -0.05) is 17.7 Å². The largest absolute Gasteiger partial charge is 0.469 e. The molecule has 0 unspecified atom stereocenters. The lowest BCUT2D eigenvalue weighted by atomic mass is 10.2. The molecular weight excluding hydrogens is 208 g/mol. The Morgan fingerprint density at radius 3 is 2.80 bits per heavy atom. The van der Waals surface area contributed by atoms with Gasteiger partial charge in [0.1, 0.15) is 0 Å². The first-order chi connectivity index (χ1) is 7.13. The molecule has 0 aromatic heterocycles. The van der Waals surface area contributed by atoms with Crippen LogP contribution in [0, 0.1) is 13.8 Å². The van der Waals surface area contributed by atoms with E-state index >= 15 is 0 Å². The van der Waals surface area contributed by atoms with E-state index in [1.165, 1.54) is 23.1 Å². The SMILES string of the molecule is COC(=O)CCSc1cc(C)ccc1C. The third kappa shape index (κ3) is 3.96. The Bertz CT molecular complexity index is 347. The fourth-order valence-electron chi connectivity index (χ4n) is 1.21. The summed E-state index contributed by atoms with van der Waals surface area (Å²) in [5, 5.41) is 0. The van der Waals surface area contributed by atoms with E-state index in [0.29, 0.717) is 6.42 Å². The lowest BCUT2D eigenvalue weighted by Crippen LogP contribution is -2.01. The molecule has 0 atom stereocenters. The van der Waals surface area contributed by atoms with Gasteiger partial charge < -0.3 is 4.74 Å². The normalized spacial score (nSPS) is 10.1. The fraction of sp³-hybridized carbons (Fsp3) is 0.417. The van der Waals surface area contributed by atoms with Gasteiger partial charge in [-0.15, -0.1) is 11.8 Å². The van der Waals surface area contributed by atoms with Crippen molar-refractivity contribution in [2.24, 2.45) is 0 Å². The van der Waals surface area contributed by atoms with Crippen molar-refractivity contribution in [3.8, 4) is 0 Å². The maximum atomic E-state index is 10.9. The van der Waals surface area contributed by atoms with Gasteiger partial charge in [0.15, 0.2) is 0 Å². The summed E-state index contributed by atoms with van der Waals surface area (Å²) in [4.78, 5) is 12.2. The molecule has 0 saturated carbocycles. The summed E-state index contributed by atoms with van der Waals surface area (Å²) in [5.74, 6) is 0.629. The highest BCUT2D eigenvalue weighted by atomic mass is 32.2. The Kier molecular flexibility index (Phi) is 4.69. The third-order valence-corrected chi connectivity index (χ3v) is 3.29. The second-order valence-corrected chi connectivity index (χ2v) is 4.58. The number of thioether (sulfide) groups is 1. The lowest BCUT2D eigenvalue weighted by molar-refractivity contribution is -0.140. The van der Waals surface area contributed by atoms with Gasteiger partial charge in [-0.25, -0.2) is 0 Å². The second kappa shape index (κ2) is 5.81. The number of ether oxygens (including phenoxy) is 1. The predicted octanol–water partition coefficient (Wildman–Crippen LogP) is 2.96. The number of hydrogen-bond donors (Lipinski definition) is 0. The number of benzene rings is 1. The molecule has 1 aromatic carbocycles. The number of rotatable bonds is 4. The molecule has 0 heterocycles. The Labute approximate surface area is 95.0 Å². The van der Waals surface area contributed by atoms with Crippen LogP contribution < -0.4 is 0 Å². The third-order valence-electron chi connectivity index (χ3n) is 2.14. The van der Waals surface area contributed by atoms with Crippen LogP contribution in [0.15, 0.2) is 23.1 Å². The molecule has 0 aliphatic heterocycles. The van der Waals surface area contributed by atoms with E-state index < -0.39 is 0 Å². The molecule has 1 rings (SSSR count). The monoisotopic (exact) mass is 224 g/mol. The minimum Gasteiger partial charge on any atom is -0.469 e. The molecule has 0 bridgehead atoms. The minimum atomic E-state index is -0.146. The quantitative estimate of drug-likeness (QED) is 0.581. The number of methoxy groups -OCH3 is 1. The van der Waals surface area contributed by atoms with Crippen molar-refractivity contribution >= 4 is 17.7 Å². The van der Waals surface area contributed by atoms with Crippen LogP contribution in [0.25, 0.3) is 0 Å². The van der Waals surface area contributed by atoms with E-state index in [4.69, 9.17) is 0 Å². The van der Waals surface area contributed by atoms with Crippen LogP contribution in [0.4, 0.5) is 0 Å². The van der Waals surface area contributed by atoms with E-state index in [0.717, 1.165) is 5.75 Å². The van der Waals surface area contributed by atoms with Crippen LogP contribution >= 0.6 is 11.8 Å². The zero-order valence-electron chi connectivity index (χ0n) is 9.37. The fourth-order valence-corrected chi connectivity index (χ4v) is 2.26. The van der Waals surface area contributed by atoms with Crippen LogP contribution in [-0.2, 0) is 9.53 Å². The van der Waals surface area contributed by atoms with Gasteiger partial charge in [0, 0.05) is 10.6 Å². The van der Waals surface area contributed by atoms with Crippen LogP contribution in [0.2, 0.25) is 0 Å². The zero-order valence-corrected chi connectivity index (χ0v) is 10.2. The Morgan fingerprint density at radius 1 is 1.40 bits per heavy atom. The summed E-state index contributed by atoms with van der Waals surface area (Å²) in [6, 6.07) is 6.35. The average Bonchev–Trinajstić information content (AvgIpc) is 2.23. The summed E-state index contributed by atoms with van der Waals surface area (Å²) < 4.78 is 4.59. The molecule has 0 amide bonds. The van der Waals surface area contributed by atoms with Crippen molar-refractivity contribution in [3.63, 3.8) is 0 Å². The smallest absolute Gasteiger partial charge is 0.306 e. The molecule has 0 aliphatic carbocycles. The molecule has 0 aliphatic rings. The van der Waals surface area contributed by atoms with Crippen molar-refractivity contribution in [1.29, 1.82) is 0 Å². The van der Waals surface area contributed by atoms with Crippen LogP contribution in [0.3, 0.4) is 0 Å². The van der Waals surface area contributed by atoms with E-state index in [1.54, 1.807) is 11.8 Å². The topological polar surface area (TPSA) is 26.3 Å². The summed E-state index contributed by atoms with van der Waals surface area (Å²) in [6.45, 7) is 4.16. The summed E-state index contributed by atoms with van der Waals surface area (Å²) in [5.41, 5.74) is 2.51. The molecule has 15 heavy (non-hydrogen) atoms. The molecule has 0 spiro atoms. The molecule has 3 heteroatoms. The van der Waals surface area contributed by atoms with Crippen LogP contribution in [-0.4, -0.2) is 18.8 Å². The van der Waals surface area contributed by atoms with E-state index in [9.17, 15) is 4.79 Å². The molecule has 82 valence electrons. The van der Waals surface area contributed by atoms with E-state index in [2.05, 4.69) is 36.8 Å². The molecule has 1 aromatic rings. The number of carbonyl (C=O) groups excluding carboxylic acids is 1. The Morgan fingerprint density at radius 2 is 2.13 bits per heavy atom. The molecular formula is C12H16O2S. The first-order valence-corrected chi connectivity index (χ1v) is 5.89. The second-order valence-electron chi connectivity index (χ2n) is 3.44. The van der Waals surface area contributed by atoms with Crippen molar-refractivity contribution in [1.82, 2.24) is 0 Å². The molecule has 0 fully saturated rings. The summed E-state index contributed by atoms with van der Waals surface area (Å²) in [7, 11) is 1.42. The zero-order chi connectivity index (χ0) is 11.3. The molecule has 0 radical (unpaired) electrons. The highest BCUT2D eigenvalue weighted by Crippen LogP contribution is 2.24. The van der Waals surface area contributed by atoms with E-state index in [1.807, 2.05) is 0 Å².